The van der Waals surface area contributed by atoms with E-state index in [1.807, 2.05) is 24.3 Å². The van der Waals surface area contributed by atoms with E-state index in [-0.39, 0.29) is 63.0 Å². The van der Waals surface area contributed by atoms with Gasteiger partial charge >= 0.3 is 23.0 Å². The number of ether oxygens (including phenoxy) is 3. The average Bonchev–Trinajstić information content (AvgIpc) is 3.97. The number of esters is 1. The first-order valence-electron chi connectivity index (χ1n) is 22.3. The van der Waals surface area contributed by atoms with Crippen LogP contribution in [0, 0.1) is 31.0 Å². The molecule has 3 aromatic rings. The van der Waals surface area contributed by atoms with Crippen molar-refractivity contribution in [2.24, 2.45) is 5.92 Å². The molecular weight excluding hydrogens is 900 g/mol. The van der Waals surface area contributed by atoms with E-state index >= 15 is 0 Å². The molecule has 0 saturated heterocycles. The minimum Gasteiger partial charge on any atom is -0.460 e. The van der Waals surface area contributed by atoms with Crippen molar-refractivity contribution in [3.05, 3.63) is 108 Å². The summed E-state index contributed by atoms with van der Waals surface area (Å²) in [5.41, 5.74) is 8.24. The zero-order chi connectivity index (χ0) is 45.4. The quantitative estimate of drug-likeness (QED) is 0.0461. The number of fused-ring (bicyclic) bond motifs is 4. The second-order valence-corrected chi connectivity index (χ2v) is 18.9. The van der Waals surface area contributed by atoms with E-state index in [2.05, 4.69) is 95.2 Å². The fraction of sp³-hybridized carbons (Fsp3) is 0.528. The van der Waals surface area contributed by atoms with E-state index in [4.69, 9.17) is 32.8 Å². The summed E-state index contributed by atoms with van der Waals surface area (Å²) in [4.78, 5) is 26.1. The normalized spacial score (nSPS) is 18.2. The van der Waals surface area contributed by atoms with Crippen molar-refractivity contribution in [3.63, 3.8) is 0 Å². The van der Waals surface area contributed by atoms with Crippen LogP contribution in [0.3, 0.4) is 0 Å². The summed E-state index contributed by atoms with van der Waals surface area (Å²) < 4.78 is 54.1. The van der Waals surface area contributed by atoms with Gasteiger partial charge in [-0.05, 0) is 101 Å². The minimum atomic E-state index is -4.94. The summed E-state index contributed by atoms with van der Waals surface area (Å²) in [6.07, 6.45) is 16.8. The molecule has 368 valence electrons. The molecule has 0 radical (unpaired) electrons. The number of anilines is 1. The first-order chi connectivity index (χ1) is 29.3. The summed E-state index contributed by atoms with van der Waals surface area (Å²) >= 11 is 0. The molecular formula is C53H77ClFeN2O9. The fourth-order valence-corrected chi connectivity index (χ4v) is 10.1. The molecule has 11 nitrogen and oxygen atoms in total. The molecule has 0 amide bonds. The predicted molar refractivity (Wildman–Crippen MR) is 253 cm³/mol. The molecule has 1 unspecified atom stereocenters. The summed E-state index contributed by atoms with van der Waals surface area (Å²) in [5.74, 6) is 2.04. The van der Waals surface area contributed by atoms with Crippen LogP contribution >= 0.6 is 0 Å². The van der Waals surface area contributed by atoms with Crippen LogP contribution in [0.15, 0.2) is 54.6 Å². The van der Waals surface area contributed by atoms with Crippen LogP contribution in [-0.4, -0.2) is 56.7 Å². The molecule has 3 aliphatic heterocycles. The molecule has 3 aromatic carbocycles. The van der Waals surface area contributed by atoms with Crippen LogP contribution in [0.1, 0.15) is 166 Å². The van der Waals surface area contributed by atoms with Crippen molar-refractivity contribution >= 4 is 29.1 Å². The van der Waals surface area contributed by atoms with Gasteiger partial charge in [0.05, 0.1) is 18.2 Å². The van der Waals surface area contributed by atoms with Gasteiger partial charge in [0.25, 0.3) is 0 Å². The number of rotatable bonds is 8. The van der Waals surface area contributed by atoms with E-state index in [1.165, 1.54) is 72.7 Å². The largest absolute Gasteiger partial charge is 2.00 e. The van der Waals surface area contributed by atoms with Crippen LogP contribution in [0.25, 0.3) is 11.1 Å². The van der Waals surface area contributed by atoms with Crippen LogP contribution < -0.4 is 43.4 Å². The van der Waals surface area contributed by atoms with Gasteiger partial charge in [-0.15, -0.1) is 10.2 Å². The van der Waals surface area contributed by atoms with Gasteiger partial charge in [0.1, 0.15) is 30.9 Å². The Labute approximate surface area is 409 Å². The van der Waals surface area contributed by atoms with Gasteiger partial charge in [0.15, 0.2) is 5.54 Å². The van der Waals surface area contributed by atoms with Gasteiger partial charge in [0.2, 0.25) is 5.36 Å². The fourth-order valence-electron chi connectivity index (χ4n) is 10.1. The Morgan fingerprint density at radius 3 is 2.00 bits per heavy atom. The molecule has 0 N–H and O–H groups in total. The van der Waals surface area contributed by atoms with Crippen LogP contribution in [0.5, 0.6) is 11.5 Å². The number of likely N-dealkylation sites (N-methyl/N-ethyl adjacent to an activating group) is 1. The number of allylic oxidation sites excluding steroid dienone is 1. The molecule has 2 saturated carbocycles. The third-order valence-electron chi connectivity index (χ3n) is 12.7. The molecule has 1 atom stereocenters. The SMILES string of the molecule is C.C1CCCC1.CCN1c2cc3c(cc2C(C)CC1(C)C)C(c1ccccc1C(=O)OCCOC)=c1cc2c(cc1O3)=[N+](CC)C(C)(C)C=C2C.O=CC1CCCC1.[CH3-].[CH3-].[Fe+2].[O-][Cl+3]([O-])([O-])[O-]. The number of aldehydes is 1. The standard InChI is InChI=1S/C39H47N2O4.C6H10O.C5H10.CH4.2CH3.ClHO4.Fe/c1-10-40-32-20-34-30(18-28(32)24(3)22-38(40,5)6)36(26-14-12-13-15-27(26)37(42)44-17-16-43-9)31-19-29-25(4)23-39(7,8)41(11-2)33(29)21-35(31)45-34;7-5-6-3-1-2-4-6;1-2-4-5-3-1;;;;2-1(3,4)5;/h12-15,18-22,25H,10-11,16-17,23H2,1-9H3;5-6H,1-4H2;1-5H2;1H4;2*1H3;(H,2,3,4,5);/q+1;;;;2*-1;;+2/p-1. The monoisotopic (exact) mass is 976 g/mol. The Morgan fingerprint density at radius 2 is 1.47 bits per heavy atom. The number of halogens is 1. The molecule has 5 aliphatic rings. The average molecular weight is 978 g/mol. The second-order valence-electron chi connectivity index (χ2n) is 18.1. The Balaban J connectivity index is 0.000000874. The maximum atomic E-state index is 13.5. The maximum absolute atomic E-state index is 13.5. The molecule has 0 aromatic heterocycles. The summed E-state index contributed by atoms with van der Waals surface area (Å²) in [5, 5.41) is 2.15. The first kappa shape index (κ1) is 60.4. The van der Waals surface area contributed by atoms with Crippen molar-refractivity contribution < 1.29 is 69.7 Å². The first-order valence-corrected chi connectivity index (χ1v) is 23.6. The zero-order valence-corrected chi connectivity index (χ0v) is 42.5. The molecule has 13 heteroatoms. The maximum Gasteiger partial charge on any atom is 2.00 e. The third-order valence-corrected chi connectivity index (χ3v) is 12.7. The van der Waals surface area contributed by atoms with E-state index in [1.54, 1.807) is 7.11 Å². The van der Waals surface area contributed by atoms with Gasteiger partial charge in [-0.25, -0.2) is 28.0 Å². The van der Waals surface area contributed by atoms with Crippen molar-refractivity contribution in [2.45, 2.75) is 144 Å². The third kappa shape index (κ3) is 14.7. The Hall–Kier alpha value is -3.58. The molecule has 0 bridgehead atoms. The zero-order valence-electron chi connectivity index (χ0n) is 40.6. The van der Waals surface area contributed by atoms with E-state index in [0.717, 1.165) is 72.1 Å². The molecule has 2 fully saturated rings. The molecule has 0 spiro atoms. The topological polar surface area (TPSA) is 160 Å². The van der Waals surface area contributed by atoms with E-state index in [9.17, 15) is 9.59 Å². The predicted octanol–water partition coefficient (Wildman–Crippen LogP) is 6.77. The van der Waals surface area contributed by atoms with E-state index in [0.29, 0.717) is 24.0 Å². The smallest absolute Gasteiger partial charge is 0.460 e. The molecule has 3 heterocycles. The number of carbonyl (C=O) groups is 2. The number of benzene rings is 3. The number of hydrogen-bond donors (Lipinski definition) is 0. The van der Waals surface area contributed by atoms with Gasteiger partial charge < -0.3 is 38.8 Å². The second kappa shape index (κ2) is 26.3. The number of methoxy groups -OCH3 is 1. The van der Waals surface area contributed by atoms with Gasteiger partial charge in [-0.2, -0.15) is 0 Å². The van der Waals surface area contributed by atoms with Gasteiger partial charge in [0, 0.05) is 72.6 Å². The Kier molecular flexibility index (Phi) is 24.0. The minimum absolute atomic E-state index is 0. The van der Waals surface area contributed by atoms with Crippen LogP contribution in [-0.2, 0) is 31.3 Å². The number of carbonyl (C=O) groups excluding carboxylic acids is 2. The summed E-state index contributed by atoms with van der Waals surface area (Å²) in [6, 6.07) is 16.8. The molecule has 2 aliphatic carbocycles. The van der Waals surface area contributed by atoms with Crippen molar-refractivity contribution in [2.75, 3.05) is 38.3 Å². The van der Waals surface area contributed by atoms with E-state index < -0.39 is 10.2 Å². The van der Waals surface area contributed by atoms with Crippen molar-refractivity contribution in [1.29, 1.82) is 0 Å². The van der Waals surface area contributed by atoms with Crippen LogP contribution in [0.2, 0.25) is 0 Å². The van der Waals surface area contributed by atoms with Crippen molar-refractivity contribution in [1.82, 2.24) is 4.58 Å². The van der Waals surface area contributed by atoms with Gasteiger partial charge in [-0.3, -0.25) is 0 Å². The number of hydrogen-bond acceptors (Lipinski definition) is 10. The van der Waals surface area contributed by atoms with Crippen LogP contribution in [0.4, 0.5) is 5.69 Å². The van der Waals surface area contributed by atoms with Crippen molar-refractivity contribution in [3.8, 4) is 11.5 Å². The Morgan fingerprint density at radius 1 is 0.879 bits per heavy atom. The summed E-state index contributed by atoms with van der Waals surface area (Å²) in [6.45, 7) is 20.5. The van der Waals surface area contributed by atoms with Gasteiger partial charge in [-0.1, -0.05) is 77.5 Å². The summed E-state index contributed by atoms with van der Waals surface area (Å²) in [7, 11) is -3.34. The number of nitrogens with zero attached hydrogens (tertiary/aromatic N) is 2. The molecule has 66 heavy (non-hydrogen) atoms. The Bertz CT molecular complexity index is 2210. The molecule has 8 rings (SSSR count).